The zero-order valence-electron chi connectivity index (χ0n) is 73.8. The lowest BCUT2D eigenvalue weighted by atomic mass is 9.79. The standard InChI is InChI=1S/2C18H20.C17H18.C17H20.2C15H16.C14H14/c1-11-6-7-14-15-9-12(2)8-13(3)17(15)18(4,5)16(14)10-11;1-11-10-15-14-8-6-7-9-16(14)18(4,5)17(15)13(3)12(11)2;1-11-9-12(2)16-13-7-5-6-8-14(13)17(3,4)15(16)10-11;1-11-6-12(2)10-16(9-11)17-14(4)7-13(3)8-15(17)5;1-11-4-6-14(7-5-11)15-9-12(2)8-13(3)10-15;1-11-7-9-14(10-8-11)15-12(2)5-4-6-13(15)3;1-11-8-9-14(10-12(11)2)13-6-4-3-5-7-13/h2*6-10H,1-5H3;5-10H,1-4H3;6-10H,1-5H3;2*4-10H,1-3H3;3-10H,1-2H3. The topological polar surface area (TPSA) is 0 Å². The molecule has 0 aliphatic heterocycles. The first-order valence-electron chi connectivity index (χ1n) is 41.2. The largest absolute Gasteiger partial charge is 0.0622 e. The van der Waals surface area contributed by atoms with Crippen LogP contribution in [0.3, 0.4) is 0 Å². The highest BCUT2D eigenvalue weighted by Crippen LogP contribution is 2.53. The van der Waals surface area contributed by atoms with E-state index in [-0.39, 0.29) is 16.2 Å². The SMILES string of the molecule is Cc1cc(C)c2c(c1)-c1ccc(C)cc1C2(C)C.Cc1cc(C)c2c(c1)C(C)(C)c1ccccc1-2.Cc1cc(C)cc(-c2c(C)cc(C)cc2C)c1.Cc1cc2c(c(C)c1C)C(C)(C)c1ccccc1-2.Cc1ccc(-c2c(C)cccc2C)cc1.Cc1ccc(-c2cc(C)cc(C)c2)cc1.Cc1ccc(-c2ccccc2)cc1C. The zero-order chi connectivity index (χ0) is 82.6. The summed E-state index contributed by atoms with van der Waals surface area (Å²) < 4.78 is 0. The van der Waals surface area contributed by atoms with Gasteiger partial charge in [-0.25, -0.2) is 0 Å². The van der Waals surface area contributed by atoms with Gasteiger partial charge in [0.1, 0.15) is 0 Å². The molecule has 0 spiro atoms. The summed E-state index contributed by atoms with van der Waals surface area (Å²) in [7, 11) is 0. The van der Waals surface area contributed by atoms with E-state index in [0.29, 0.717) is 0 Å². The average molecular weight is 1490 g/mol. The van der Waals surface area contributed by atoms with Crippen LogP contribution in [0.1, 0.15) is 192 Å². The summed E-state index contributed by atoms with van der Waals surface area (Å²) in [6.45, 7) is 59.8. The molecule has 0 radical (unpaired) electrons. The van der Waals surface area contributed by atoms with E-state index in [1.807, 2.05) is 6.07 Å². The third-order valence-electron chi connectivity index (χ3n) is 24.2. The van der Waals surface area contributed by atoms with Gasteiger partial charge in [-0.15, -0.1) is 0 Å². The van der Waals surface area contributed by atoms with Crippen LogP contribution in [-0.4, -0.2) is 0 Å². The van der Waals surface area contributed by atoms with Gasteiger partial charge < -0.3 is 0 Å². The Morgan fingerprint density at radius 1 is 0.158 bits per heavy atom. The molecule has 580 valence electrons. The lowest BCUT2D eigenvalue weighted by molar-refractivity contribution is 0.654. The molecule has 0 saturated carbocycles. The first kappa shape index (κ1) is 84.0. The normalized spacial score (nSPS) is 12.7. The van der Waals surface area contributed by atoms with E-state index in [0.717, 1.165) is 0 Å². The summed E-state index contributed by atoms with van der Waals surface area (Å²) in [6, 6.07) is 95.1. The van der Waals surface area contributed by atoms with Gasteiger partial charge in [0.15, 0.2) is 0 Å². The highest BCUT2D eigenvalue weighted by Gasteiger charge is 2.39. The molecule has 17 rings (SSSR count). The van der Waals surface area contributed by atoms with Crippen LogP contribution < -0.4 is 0 Å². The van der Waals surface area contributed by atoms with E-state index in [1.165, 1.54) is 228 Å². The third-order valence-corrected chi connectivity index (χ3v) is 24.2. The molecule has 0 fully saturated rings. The van der Waals surface area contributed by atoms with E-state index >= 15 is 0 Å². The smallest absolute Gasteiger partial charge is 0.0161 e. The van der Waals surface area contributed by atoms with E-state index < -0.39 is 0 Å². The third kappa shape index (κ3) is 18.3. The molecular weight excluding hydrogens is 1370 g/mol. The van der Waals surface area contributed by atoms with Crippen LogP contribution in [0.5, 0.6) is 0 Å². The van der Waals surface area contributed by atoms with Crippen molar-refractivity contribution in [2.75, 3.05) is 0 Å². The molecule has 3 aliphatic carbocycles. The van der Waals surface area contributed by atoms with E-state index in [9.17, 15) is 0 Å². The summed E-state index contributed by atoms with van der Waals surface area (Å²) in [5, 5.41) is 0. The Morgan fingerprint density at radius 3 is 1.12 bits per heavy atom. The summed E-state index contributed by atoms with van der Waals surface area (Å²) in [4.78, 5) is 0. The molecule has 0 N–H and O–H groups in total. The van der Waals surface area contributed by atoms with E-state index in [4.69, 9.17) is 0 Å². The van der Waals surface area contributed by atoms with Crippen LogP contribution in [0.15, 0.2) is 261 Å². The minimum absolute atomic E-state index is 0.133. The highest BCUT2D eigenvalue weighted by molar-refractivity contribution is 5.86. The minimum atomic E-state index is 0.133. The van der Waals surface area contributed by atoms with E-state index in [1.54, 1.807) is 0 Å². The van der Waals surface area contributed by atoms with Crippen molar-refractivity contribution in [2.24, 2.45) is 0 Å². The highest BCUT2D eigenvalue weighted by atomic mass is 14.4. The fourth-order valence-electron chi connectivity index (χ4n) is 18.4. The van der Waals surface area contributed by atoms with Crippen molar-refractivity contribution in [3.05, 3.63) is 411 Å². The van der Waals surface area contributed by atoms with Gasteiger partial charge >= 0.3 is 0 Å². The Labute approximate surface area is 687 Å². The average Bonchev–Trinajstić information content (AvgIpc) is 1.56. The van der Waals surface area contributed by atoms with Gasteiger partial charge in [-0.1, -0.05) is 358 Å². The number of hydrogen-bond acceptors (Lipinski definition) is 0. The van der Waals surface area contributed by atoms with Crippen molar-refractivity contribution in [2.45, 2.75) is 203 Å². The van der Waals surface area contributed by atoms with Crippen molar-refractivity contribution in [1.82, 2.24) is 0 Å². The molecule has 14 aromatic carbocycles. The predicted molar refractivity (Wildman–Crippen MR) is 499 cm³/mol. The quantitative estimate of drug-likeness (QED) is 0.165. The Balaban J connectivity index is 0.000000131. The second-order valence-electron chi connectivity index (χ2n) is 35.1. The molecule has 0 saturated heterocycles. The van der Waals surface area contributed by atoms with Gasteiger partial charge in [-0.3, -0.25) is 0 Å². The minimum Gasteiger partial charge on any atom is -0.0622 e. The number of benzene rings is 14. The number of hydrogen-bond donors (Lipinski definition) is 0. The Morgan fingerprint density at radius 2 is 0.561 bits per heavy atom. The van der Waals surface area contributed by atoms with Crippen LogP contribution in [0, 0.1) is 145 Å². The van der Waals surface area contributed by atoms with Crippen molar-refractivity contribution < 1.29 is 0 Å². The second kappa shape index (κ2) is 34.8. The second-order valence-corrected chi connectivity index (χ2v) is 35.1. The fraction of sp³-hybridized carbons (Fsp3) is 0.263. The Hall–Kier alpha value is -10.9. The molecule has 0 amide bonds. The van der Waals surface area contributed by atoms with Crippen LogP contribution >= 0.6 is 0 Å². The lowest BCUT2D eigenvalue weighted by Gasteiger charge is -2.24. The van der Waals surface area contributed by atoms with Crippen LogP contribution in [0.25, 0.3) is 77.9 Å². The van der Waals surface area contributed by atoms with Crippen LogP contribution in [-0.2, 0) is 16.2 Å². The molecule has 114 heavy (non-hydrogen) atoms. The van der Waals surface area contributed by atoms with Gasteiger partial charge in [0.2, 0.25) is 0 Å². The molecule has 0 unspecified atom stereocenters. The predicted octanol–water partition coefficient (Wildman–Crippen LogP) is 31.9. The Kier molecular flexibility index (Phi) is 25.7. The summed E-state index contributed by atoms with van der Waals surface area (Å²) in [6.07, 6.45) is 0. The van der Waals surface area contributed by atoms with Crippen LogP contribution in [0.4, 0.5) is 0 Å². The van der Waals surface area contributed by atoms with E-state index in [2.05, 4.69) is 442 Å². The van der Waals surface area contributed by atoms with Gasteiger partial charge in [-0.2, -0.15) is 0 Å². The lowest BCUT2D eigenvalue weighted by Crippen LogP contribution is -2.17. The Bertz CT molecular complexity index is 5750. The van der Waals surface area contributed by atoms with Crippen molar-refractivity contribution in [3.63, 3.8) is 0 Å². The summed E-state index contributed by atoms with van der Waals surface area (Å²) in [5.74, 6) is 0. The molecular formula is C114H124. The van der Waals surface area contributed by atoms with Gasteiger partial charge in [0.05, 0.1) is 0 Å². The number of rotatable bonds is 4. The van der Waals surface area contributed by atoms with Gasteiger partial charge in [-0.05, 0) is 318 Å². The summed E-state index contributed by atoms with van der Waals surface area (Å²) in [5.41, 5.74) is 57.2. The van der Waals surface area contributed by atoms with Gasteiger partial charge in [0, 0.05) is 16.2 Å². The number of fused-ring (bicyclic) bond motifs is 9. The molecule has 3 aliphatic rings. The molecule has 0 atom stereocenters. The van der Waals surface area contributed by atoms with Crippen molar-refractivity contribution in [1.29, 1.82) is 0 Å². The maximum absolute atomic E-state index is 2.37. The van der Waals surface area contributed by atoms with Crippen LogP contribution in [0.2, 0.25) is 0 Å². The summed E-state index contributed by atoms with van der Waals surface area (Å²) >= 11 is 0. The van der Waals surface area contributed by atoms with Gasteiger partial charge in [0.25, 0.3) is 0 Å². The monoisotopic (exact) mass is 1490 g/mol. The molecule has 0 bridgehead atoms. The molecule has 0 nitrogen and oxygen atoms in total. The molecule has 0 heterocycles. The maximum atomic E-state index is 2.37. The first-order valence-corrected chi connectivity index (χ1v) is 41.2. The maximum Gasteiger partial charge on any atom is 0.0161 e. The molecule has 0 aromatic heterocycles. The van der Waals surface area contributed by atoms with Crippen molar-refractivity contribution >= 4 is 0 Å². The molecule has 0 heteroatoms. The molecule has 14 aromatic rings. The number of aryl methyl sites for hydroxylation is 19. The first-order chi connectivity index (χ1) is 53.9. The van der Waals surface area contributed by atoms with Crippen molar-refractivity contribution in [3.8, 4) is 77.9 Å². The zero-order valence-corrected chi connectivity index (χ0v) is 73.8. The fourth-order valence-corrected chi connectivity index (χ4v) is 18.4.